The maximum atomic E-state index is 10.1. The van der Waals surface area contributed by atoms with Crippen LogP contribution in [0.25, 0.3) is 0 Å². The van der Waals surface area contributed by atoms with Gasteiger partial charge in [-0.2, -0.15) is 0 Å². The monoisotopic (exact) mass is 226 g/mol. The van der Waals surface area contributed by atoms with Crippen molar-refractivity contribution in [2.24, 2.45) is 0 Å². The highest BCUT2D eigenvalue weighted by Gasteiger charge is 2.31. The third-order valence-corrected chi connectivity index (χ3v) is 3.22. The van der Waals surface area contributed by atoms with Crippen LogP contribution in [0.4, 0.5) is 0 Å². The van der Waals surface area contributed by atoms with E-state index in [-0.39, 0.29) is 5.60 Å². The van der Waals surface area contributed by atoms with Gasteiger partial charge in [0.2, 0.25) is 0 Å². The zero-order valence-corrected chi connectivity index (χ0v) is 10.0. The van der Waals surface area contributed by atoms with Gasteiger partial charge in [0.1, 0.15) is 0 Å². The van der Waals surface area contributed by atoms with Crippen LogP contribution in [0.5, 0.6) is 0 Å². The molecule has 2 rings (SSSR count). The summed E-state index contributed by atoms with van der Waals surface area (Å²) >= 11 is 0. The molecule has 3 heteroatoms. The molecule has 1 fully saturated rings. The Morgan fingerprint density at radius 3 is 2.62 bits per heavy atom. The van der Waals surface area contributed by atoms with Gasteiger partial charge in [-0.05, 0) is 32.1 Å². The number of carboxylic acid groups (broad SMARTS) is 1. The van der Waals surface area contributed by atoms with E-state index in [0.29, 0.717) is 0 Å². The van der Waals surface area contributed by atoms with Gasteiger partial charge in [0.05, 0.1) is 5.60 Å². The molecule has 0 spiro atoms. The summed E-state index contributed by atoms with van der Waals surface area (Å²) in [6.45, 7) is 1.08. The molecule has 2 aliphatic carbocycles. The third-order valence-electron chi connectivity index (χ3n) is 3.22. The second-order valence-electron chi connectivity index (χ2n) is 4.90. The molecular weight excluding hydrogens is 204 g/mol. The van der Waals surface area contributed by atoms with Crippen LogP contribution in [-0.4, -0.2) is 21.8 Å². The van der Waals surface area contributed by atoms with E-state index in [9.17, 15) is 5.11 Å². The van der Waals surface area contributed by atoms with Crippen LogP contribution in [0, 0.1) is 0 Å². The molecule has 0 amide bonds. The fourth-order valence-electron chi connectivity index (χ4n) is 2.44. The van der Waals surface area contributed by atoms with Crippen LogP contribution < -0.4 is 0 Å². The number of hydrogen-bond acceptors (Lipinski definition) is 2. The molecule has 0 aromatic rings. The van der Waals surface area contributed by atoms with Crippen molar-refractivity contribution >= 4 is 5.97 Å². The average Bonchev–Trinajstić information content (AvgIpc) is 2.57. The SMILES string of the molecule is CC(=O)O.OC12CC=C(CCCCCC1)C2. The maximum absolute atomic E-state index is 10.1. The molecule has 0 aromatic carbocycles. The van der Waals surface area contributed by atoms with Crippen LogP contribution in [-0.2, 0) is 4.79 Å². The maximum Gasteiger partial charge on any atom is 0.300 e. The summed E-state index contributed by atoms with van der Waals surface area (Å²) in [6.07, 6.45) is 11.6. The minimum absolute atomic E-state index is 0.334. The van der Waals surface area contributed by atoms with Gasteiger partial charge in [-0.1, -0.05) is 30.9 Å². The summed E-state index contributed by atoms with van der Waals surface area (Å²) in [7, 11) is 0. The van der Waals surface area contributed by atoms with E-state index in [4.69, 9.17) is 9.90 Å². The van der Waals surface area contributed by atoms with Crippen molar-refractivity contribution < 1.29 is 15.0 Å². The topological polar surface area (TPSA) is 57.5 Å². The predicted octanol–water partition coefficient (Wildman–Crippen LogP) is 2.88. The van der Waals surface area contributed by atoms with Gasteiger partial charge < -0.3 is 10.2 Å². The molecule has 1 unspecified atom stereocenters. The van der Waals surface area contributed by atoms with Crippen molar-refractivity contribution in [3.63, 3.8) is 0 Å². The van der Waals surface area contributed by atoms with E-state index in [0.717, 1.165) is 26.2 Å². The number of carboxylic acids is 1. The predicted molar refractivity (Wildman–Crippen MR) is 63.3 cm³/mol. The second kappa shape index (κ2) is 6.04. The van der Waals surface area contributed by atoms with Crippen LogP contribution in [0.3, 0.4) is 0 Å². The lowest BCUT2D eigenvalue weighted by molar-refractivity contribution is -0.134. The molecule has 2 N–H and O–H groups in total. The van der Waals surface area contributed by atoms with E-state index in [1.54, 1.807) is 0 Å². The molecular formula is C13H22O3. The minimum atomic E-state index is -0.833. The first kappa shape index (κ1) is 13.2. The quantitative estimate of drug-likeness (QED) is 0.624. The Hall–Kier alpha value is -0.830. The molecule has 2 bridgehead atoms. The molecule has 0 heterocycles. The number of fused-ring (bicyclic) bond motifs is 2. The molecule has 16 heavy (non-hydrogen) atoms. The zero-order valence-electron chi connectivity index (χ0n) is 10.0. The van der Waals surface area contributed by atoms with E-state index in [1.807, 2.05) is 0 Å². The fraction of sp³-hybridized carbons (Fsp3) is 0.769. The molecule has 1 atom stereocenters. The molecule has 0 radical (unpaired) electrons. The highest BCUT2D eigenvalue weighted by molar-refractivity contribution is 5.62. The minimum Gasteiger partial charge on any atom is -0.481 e. The molecule has 0 aliphatic heterocycles. The van der Waals surface area contributed by atoms with E-state index < -0.39 is 5.97 Å². The van der Waals surface area contributed by atoms with E-state index in [1.165, 1.54) is 37.7 Å². The Bertz CT molecular complexity index is 266. The highest BCUT2D eigenvalue weighted by atomic mass is 16.4. The first-order chi connectivity index (χ1) is 7.52. The summed E-state index contributed by atoms with van der Waals surface area (Å²) in [5.41, 5.74) is 1.18. The van der Waals surface area contributed by atoms with Crippen molar-refractivity contribution in [2.45, 2.75) is 63.9 Å². The molecule has 3 nitrogen and oxygen atoms in total. The van der Waals surface area contributed by atoms with Crippen LogP contribution >= 0.6 is 0 Å². The summed E-state index contributed by atoms with van der Waals surface area (Å²) < 4.78 is 0. The first-order valence-electron chi connectivity index (χ1n) is 6.12. The molecule has 0 saturated heterocycles. The number of hydrogen-bond donors (Lipinski definition) is 2. The van der Waals surface area contributed by atoms with Crippen LogP contribution in [0.1, 0.15) is 58.3 Å². The lowest BCUT2D eigenvalue weighted by atomic mass is 9.93. The van der Waals surface area contributed by atoms with E-state index >= 15 is 0 Å². The Kier molecular flexibility index (Phi) is 5.00. The second-order valence-corrected chi connectivity index (χ2v) is 4.90. The Morgan fingerprint density at radius 2 is 1.94 bits per heavy atom. The van der Waals surface area contributed by atoms with Crippen molar-refractivity contribution in [3.05, 3.63) is 11.6 Å². The summed E-state index contributed by atoms with van der Waals surface area (Å²) in [4.78, 5) is 9.00. The van der Waals surface area contributed by atoms with Gasteiger partial charge in [-0.25, -0.2) is 0 Å². The van der Waals surface area contributed by atoms with Crippen LogP contribution in [0.15, 0.2) is 11.6 Å². The number of aliphatic hydroxyl groups is 1. The smallest absolute Gasteiger partial charge is 0.300 e. The van der Waals surface area contributed by atoms with Gasteiger partial charge >= 0.3 is 0 Å². The first-order valence-corrected chi connectivity index (χ1v) is 6.12. The van der Waals surface area contributed by atoms with Gasteiger partial charge in [0, 0.05) is 6.92 Å². The average molecular weight is 226 g/mol. The number of rotatable bonds is 0. The third kappa shape index (κ3) is 4.79. The van der Waals surface area contributed by atoms with Gasteiger partial charge in [0.15, 0.2) is 0 Å². The molecule has 2 aliphatic rings. The Balaban J connectivity index is 0.000000280. The standard InChI is InChI=1S/C11H18O.C2H4O2/c12-11-7-4-2-1-3-5-10(9-11)6-8-11;1-2(3)4/h6,12H,1-5,7-9H2;1H3,(H,3,4). The number of aliphatic carboxylic acids is 1. The van der Waals surface area contributed by atoms with Gasteiger partial charge in [-0.15, -0.1) is 0 Å². The van der Waals surface area contributed by atoms with Crippen molar-refractivity contribution in [1.82, 2.24) is 0 Å². The van der Waals surface area contributed by atoms with Crippen LogP contribution in [0.2, 0.25) is 0 Å². The Labute approximate surface area is 97.2 Å². The highest BCUT2D eigenvalue weighted by Crippen LogP contribution is 2.37. The molecule has 1 saturated carbocycles. The normalized spacial score (nSPS) is 29.0. The summed E-state index contributed by atoms with van der Waals surface area (Å²) in [6, 6.07) is 0. The van der Waals surface area contributed by atoms with Crippen molar-refractivity contribution in [2.75, 3.05) is 0 Å². The Morgan fingerprint density at radius 1 is 1.31 bits per heavy atom. The molecule has 0 aromatic heterocycles. The lowest BCUT2D eigenvalue weighted by Crippen LogP contribution is -2.24. The largest absolute Gasteiger partial charge is 0.481 e. The van der Waals surface area contributed by atoms with Gasteiger partial charge in [0.25, 0.3) is 5.97 Å². The summed E-state index contributed by atoms with van der Waals surface area (Å²) in [5, 5.41) is 17.5. The summed E-state index contributed by atoms with van der Waals surface area (Å²) in [5.74, 6) is -0.833. The van der Waals surface area contributed by atoms with Crippen molar-refractivity contribution in [1.29, 1.82) is 0 Å². The molecule has 92 valence electrons. The zero-order chi connectivity index (χ0) is 12.0. The van der Waals surface area contributed by atoms with E-state index in [2.05, 4.69) is 6.08 Å². The van der Waals surface area contributed by atoms with Crippen molar-refractivity contribution in [3.8, 4) is 0 Å². The fourth-order valence-corrected chi connectivity index (χ4v) is 2.44. The van der Waals surface area contributed by atoms with Gasteiger partial charge in [-0.3, -0.25) is 4.79 Å². The number of carbonyl (C=O) groups is 1. The lowest BCUT2D eigenvalue weighted by Gasteiger charge is -2.21.